The summed E-state index contributed by atoms with van der Waals surface area (Å²) in [6.45, 7) is 5.03. The average molecular weight is 242 g/mol. The van der Waals surface area contributed by atoms with Gasteiger partial charge in [0.1, 0.15) is 0 Å². The predicted molar refractivity (Wildman–Crippen MR) is 64.3 cm³/mol. The Kier molecular flexibility index (Phi) is 4.65. The highest BCUT2D eigenvalue weighted by molar-refractivity contribution is 6.05. The van der Waals surface area contributed by atoms with Crippen LogP contribution in [0.3, 0.4) is 0 Å². The normalized spacial score (nSPS) is 21.4. The fourth-order valence-electron chi connectivity index (χ4n) is 1.96. The van der Waals surface area contributed by atoms with E-state index < -0.39 is 0 Å². The van der Waals surface area contributed by atoms with Crippen molar-refractivity contribution in [1.29, 1.82) is 0 Å². The van der Waals surface area contributed by atoms with Crippen molar-refractivity contribution in [2.45, 2.75) is 39.2 Å². The van der Waals surface area contributed by atoms with Gasteiger partial charge >= 0.3 is 0 Å². The molecular formula is C12H22N2O3. The molecule has 17 heavy (non-hydrogen) atoms. The zero-order valence-electron chi connectivity index (χ0n) is 10.8. The minimum Gasteiger partial charge on any atom is -0.396 e. The smallest absolute Gasteiger partial charge is 0.246 e. The van der Waals surface area contributed by atoms with E-state index in [9.17, 15) is 9.59 Å². The average Bonchev–Trinajstić information content (AvgIpc) is 2.52. The molecule has 1 unspecified atom stereocenters. The van der Waals surface area contributed by atoms with E-state index in [1.165, 1.54) is 11.9 Å². The number of carbonyl (C=O) groups excluding carboxylic acids is 2. The zero-order valence-corrected chi connectivity index (χ0v) is 10.8. The Labute approximate surface area is 102 Å². The second-order valence-electron chi connectivity index (χ2n) is 5.42. The lowest BCUT2D eigenvalue weighted by Crippen LogP contribution is -2.41. The summed E-state index contributed by atoms with van der Waals surface area (Å²) in [5.74, 6) is -0.270. The molecular weight excluding hydrogens is 220 g/mol. The number of amides is 2. The zero-order chi connectivity index (χ0) is 13.1. The van der Waals surface area contributed by atoms with E-state index in [-0.39, 0.29) is 36.3 Å². The summed E-state index contributed by atoms with van der Waals surface area (Å²) in [6.07, 6.45) is 1.90. The maximum absolute atomic E-state index is 11.6. The predicted octanol–water partition coefficient (Wildman–Crippen LogP) is 0.132. The third-order valence-corrected chi connectivity index (χ3v) is 3.22. The Morgan fingerprint density at radius 2 is 2.12 bits per heavy atom. The number of imide groups is 1. The maximum Gasteiger partial charge on any atom is 0.246 e. The summed E-state index contributed by atoms with van der Waals surface area (Å²) in [4.78, 5) is 24.2. The van der Waals surface area contributed by atoms with Gasteiger partial charge in [-0.2, -0.15) is 0 Å². The SMILES string of the molecule is CN1C(=O)CC(NCC(C)(C)CCCO)C1=O. The van der Waals surface area contributed by atoms with E-state index in [2.05, 4.69) is 19.2 Å². The standard InChI is InChI=1S/C12H22N2O3/c1-12(2,5-4-6-15)8-13-9-7-10(16)14(3)11(9)17/h9,13,15H,4-8H2,1-3H3. The molecule has 1 rings (SSSR count). The van der Waals surface area contributed by atoms with E-state index in [4.69, 9.17) is 5.11 Å². The molecule has 0 saturated carbocycles. The minimum atomic E-state index is -0.374. The number of aliphatic hydroxyl groups excluding tert-OH is 1. The number of carbonyl (C=O) groups is 2. The molecule has 0 aromatic heterocycles. The second kappa shape index (κ2) is 5.60. The van der Waals surface area contributed by atoms with Gasteiger partial charge in [-0.15, -0.1) is 0 Å². The number of nitrogens with one attached hydrogen (secondary N) is 1. The number of hydrogen-bond acceptors (Lipinski definition) is 4. The van der Waals surface area contributed by atoms with Crippen LogP contribution in [0, 0.1) is 5.41 Å². The molecule has 1 atom stereocenters. The molecule has 0 aromatic carbocycles. The van der Waals surface area contributed by atoms with Gasteiger partial charge < -0.3 is 10.4 Å². The maximum atomic E-state index is 11.6. The van der Waals surface area contributed by atoms with Crippen molar-refractivity contribution in [2.75, 3.05) is 20.2 Å². The summed E-state index contributed by atoms with van der Waals surface area (Å²) < 4.78 is 0. The topological polar surface area (TPSA) is 69.6 Å². The second-order valence-corrected chi connectivity index (χ2v) is 5.42. The molecule has 5 heteroatoms. The van der Waals surface area contributed by atoms with Crippen LogP contribution in [-0.4, -0.2) is 48.1 Å². The molecule has 1 saturated heterocycles. The van der Waals surface area contributed by atoms with Gasteiger partial charge in [0.2, 0.25) is 11.8 Å². The first-order valence-electron chi connectivity index (χ1n) is 6.02. The summed E-state index contributed by atoms with van der Waals surface area (Å²) in [6, 6.07) is -0.374. The number of likely N-dealkylation sites (N-methyl/N-ethyl adjacent to an activating group) is 1. The molecule has 98 valence electrons. The van der Waals surface area contributed by atoms with E-state index >= 15 is 0 Å². The fraction of sp³-hybridized carbons (Fsp3) is 0.833. The van der Waals surface area contributed by atoms with Gasteiger partial charge in [-0.1, -0.05) is 13.8 Å². The van der Waals surface area contributed by atoms with Crippen LogP contribution in [0.25, 0.3) is 0 Å². The van der Waals surface area contributed by atoms with Crippen molar-refractivity contribution in [3.8, 4) is 0 Å². The van der Waals surface area contributed by atoms with Crippen LogP contribution < -0.4 is 5.32 Å². The van der Waals surface area contributed by atoms with E-state index in [0.29, 0.717) is 6.54 Å². The summed E-state index contributed by atoms with van der Waals surface area (Å²) in [5, 5.41) is 11.9. The van der Waals surface area contributed by atoms with Crippen LogP contribution in [0.15, 0.2) is 0 Å². The Bertz CT molecular complexity index is 302. The van der Waals surface area contributed by atoms with Gasteiger partial charge in [0, 0.05) is 20.2 Å². The molecule has 2 N–H and O–H groups in total. The molecule has 1 fully saturated rings. The molecule has 0 radical (unpaired) electrons. The van der Waals surface area contributed by atoms with E-state index in [1.54, 1.807) is 0 Å². The molecule has 0 aliphatic carbocycles. The Balaban J connectivity index is 2.41. The van der Waals surface area contributed by atoms with Crippen molar-refractivity contribution in [3.63, 3.8) is 0 Å². The first kappa shape index (κ1) is 14.1. The fourth-order valence-corrected chi connectivity index (χ4v) is 1.96. The van der Waals surface area contributed by atoms with E-state index in [0.717, 1.165) is 12.8 Å². The monoisotopic (exact) mass is 242 g/mol. The first-order valence-corrected chi connectivity index (χ1v) is 6.02. The number of likely N-dealkylation sites (tertiary alicyclic amines) is 1. The minimum absolute atomic E-state index is 0.0211. The highest BCUT2D eigenvalue weighted by Crippen LogP contribution is 2.22. The summed E-state index contributed by atoms with van der Waals surface area (Å²) >= 11 is 0. The van der Waals surface area contributed by atoms with Crippen LogP contribution in [0.4, 0.5) is 0 Å². The van der Waals surface area contributed by atoms with Crippen LogP contribution >= 0.6 is 0 Å². The van der Waals surface area contributed by atoms with Crippen LogP contribution in [0.1, 0.15) is 33.1 Å². The van der Waals surface area contributed by atoms with Gasteiger partial charge in [-0.25, -0.2) is 0 Å². The number of aliphatic hydroxyl groups is 1. The molecule has 1 heterocycles. The lowest BCUT2D eigenvalue weighted by atomic mass is 9.87. The van der Waals surface area contributed by atoms with Crippen molar-refractivity contribution in [2.24, 2.45) is 5.41 Å². The van der Waals surface area contributed by atoms with Crippen molar-refractivity contribution in [1.82, 2.24) is 10.2 Å². The molecule has 1 aliphatic rings. The molecule has 0 bridgehead atoms. The number of rotatable bonds is 6. The summed E-state index contributed by atoms with van der Waals surface area (Å²) in [7, 11) is 1.52. The molecule has 2 amide bonds. The Morgan fingerprint density at radius 1 is 1.47 bits per heavy atom. The van der Waals surface area contributed by atoms with E-state index in [1.807, 2.05) is 0 Å². The van der Waals surface area contributed by atoms with Crippen molar-refractivity contribution >= 4 is 11.8 Å². The highest BCUT2D eigenvalue weighted by Gasteiger charge is 2.36. The third-order valence-electron chi connectivity index (χ3n) is 3.22. The third kappa shape index (κ3) is 3.78. The van der Waals surface area contributed by atoms with Gasteiger partial charge in [0.25, 0.3) is 0 Å². The quantitative estimate of drug-likeness (QED) is 0.650. The lowest BCUT2D eigenvalue weighted by Gasteiger charge is -2.26. The lowest BCUT2D eigenvalue weighted by molar-refractivity contribution is -0.137. The Hall–Kier alpha value is -0.940. The molecule has 1 aliphatic heterocycles. The first-order chi connectivity index (χ1) is 7.87. The number of nitrogens with zero attached hydrogens (tertiary/aromatic N) is 1. The van der Waals surface area contributed by atoms with Gasteiger partial charge in [-0.3, -0.25) is 14.5 Å². The van der Waals surface area contributed by atoms with Gasteiger partial charge in [-0.05, 0) is 18.3 Å². The largest absolute Gasteiger partial charge is 0.396 e. The van der Waals surface area contributed by atoms with Gasteiger partial charge in [0.15, 0.2) is 0 Å². The Morgan fingerprint density at radius 3 is 2.59 bits per heavy atom. The summed E-state index contributed by atoms with van der Waals surface area (Å²) in [5.41, 5.74) is 0.0211. The van der Waals surface area contributed by atoms with Crippen LogP contribution in [-0.2, 0) is 9.59 Å². The molecule has 0 aromatic rings. The molecule has 5 nitrogen and oxygen atoms in total. The number of hydrogen-bond donors (Lipinski definition) is 2. The van der Waals surface area contributed by atoms with Crippen LogP contribution in [0.5, 0.6) is 0 Å². The van der Waals surface area contributed by atoms with Gasteiger partial charge in [0.05, 0.1) is 12.5 Å². The molecule has 0 spiro atoms. The van der Waals surface area contributed by atoms with Crippen molar-refractivity contribution < 1.29 is 14.7 Å². The van der Waals surface area contributed by atoms with Crippen LogP contribution in [0.2, 0.25) is 0 Å². The highest BCUT2D eigenvalue weighted by atomic mass is 16.3. The van der Waals surface area contributed by atoms with Crippen molar-refractivity contribution in [3.05, 3.63) is 0 Å².